The van der Waals surface area contributed by atoms with Gasteiger partial charge in [-0.25, -0.2) is 0 Å². The van der Waals surface area contributed by atoms with Crippen LogP contribution in [0.15, 0.2) is 30.3 Å². The van der Waals surface area contributed by atoms with Crippen LogP contribution in [0.3, 0.4) is 0 Å². The Kier molecular flexibility index (Phi) is 17.7. The lowest BCUT2D eigenvalue weighted by Crippen LogP contribution is -2.34. The van der Waals surface area contributed by atoms with E-state index in [0.717, 1.165) is 21.3 Å². The highest BCUT2D eigenvalue weighted by atomic mass is 32.2. The summed E-state index contributed by atoms with van der Waals surface area (Å²) in [5, 5.41) is 9.70. The third kappa shape index (κ3) is 16.7. The largest absolute Gasteiger partial charge is 0.481 e. The number of thiocarbonyl (C=S) groups is 1. The maximum Gasteiger partial charge on any atom is 0.309 e. The molecule has 4 nitrogen and oxygen atoms in total. The maximum atomic E-state index is 13.2. The molecule has 0 radical (unpaired) electrons. The number of hydrogen-bond donors (Lipinski definition) is 1. The van der Waals surface area contributed by atoms with Crippen molar-refractivity contribution in [1.82, 2.24) is 0 Å². The van der Waals surface area contributed by atoms with Crippen LogP contribution in [-0.4, -0.2) is 31.9 Å². The predicted molar refractivity (Wildman–Crippen MR) is 174 cm³/mol. The van der Waals surface area contributed by atoms with Gasteiger partial charge in [-0.3, -0.25) is 9.59 Å². The number of carboxylic acids is 1. The third-order valence-electron chi connectivity index (χ3n) is 6.70. The summed E-state index contributed by atoms with van der Waals surface area (Å²) in [7, 11) is 0. The van der Waals surface area contributed by atoms with Gasteiger partial charge < -0.3 is 9.84 Å². The molecule has 2 atom stereocenters. The Balaban J connectivity index is 2.72. The van der Waals surface area contributed by atoms with E-state index >= 15 is 0 Å². The highest BCUT2D eigenvalue weighted by Crippen LogP contribution is 2.42. The van der Waals surface area contributed by atoms with E-state index in [1.807, 2.05) is 39.0 Å². The van der Waals surface area contributed by atoms with E-state index in [0.29, 0.717) is 6.42 Å². The van der Waals surface area contributed by atoms with Crippen molar-refractivity contribution in [2.45, 2.75) is 129 Å². The SMILES string of the molecule is CCCCCCCCCCCCSC(=S)SC(CC(CC(C)(C)C(=O)O)C(=O)OC(C)(C)C)c1ccccc1. The molecule has 1 N–H and O–H groups in total. The Morgan fingerprint density at radius 1 is 0.897 bits per heavy atom. The molecule has 0 bridgehead atoms. The fourth-order valence-electron chi connectivity index (χ4n) is 4.42. The number of esters is 1. The quantitative estimate of drug-likeness (QED) is 0.0968. The Morgan fingerprint density at radius 3 is 1.95 bits per heavy atom. The van der Waals surface area contributed by atoms with Crippen LogP contribution < -0.4 is 0 Å². The smallest absolute Gasteiger partial charge is 0.309 e. The summed E-state index contributed by atoms with van der Waals surface area (Å²) in [4.78, 5) is 25.1. The van der Waals surface area contributed by atoms with Crippen molar-refractivity contribution in [2.75, 3.05) is 5.75 Å². The van der Waals surface area contributed by atoms with E-state index in [-0.39, 0.29) is 17.6 Å². The second-order valence-corrected chi connectivity index (χ2v) is 15.7. The second kappa shape index (κ2) is 19.1. The Hall–Kier alpha value is -1.05. The molecule has 0 aliphatic carbocycles. The first-order valence-electron chi connectivity index (χ1n) is 14.7. The molecule has 7 heteroatoms. The van der Waals surface area contributed by atoms with Crippen molar-refractivity contribution in [3.63, 3.8) is 0 Å². The average molecular weight is 597 g/mol. The first-order chi connectivity index (χ1) is 18.4. The van der Waals surface area contributed by atoms with Crippen LogP contribution in [0, 0.1) is 11.3 Å². The van der Waals surface area contributed by atoms with Crippen molar-refractivity contribution >= 4 is 51.2 Å². The minimum absolute atomic E-state index is 0.0546. The molecule has 2 unspecified atom stereocenters. The number of unbranched alkanes of at least 4 members (excludes halogenated alkanes) is 9. The molecule has 0 heterocycles. The molecule has 0 fully saturated rings. The Bertz CT molecular complexity index is 849. The van der Waals surface area contributed by atoms with E-state index in [1.54, 1.807) is 37.4 Å². The van der Waals surface area contributed by atoms with E-state index in [1.165, 1.54) is 57.8 Å². The number of carbonyl (C=O) groups excluding carboxylic acids is 1. The van der Waals surface area contributed by atoms with Crippen molar-refractivity contribution < 1.29 is 19.4 Å². The summed E-state index contributed by atoms with van der Waals surface area (Å²) >= 11 is 9.11. The van der Waals surface area contributed by atoms with Crippen LogP contribution in [0.25, 0.3) is 0 Å². The predicted octanol–water partition coefficient (Wildman–Crippen LogP) is 10.2. The van der Waals surface area contributed by atoms with Gasteiger partial charge in [-0.05, 0) is 65.2 Å². The maximum absolute atomic E-state index is 13.2. The first-order valence-corrected chi connectivity index (χ1v) is 17.0. The summed E-state index contributed by atoms with van der Waals surface area (Å²) in [6, 6.07) is 10.1. The summed E-state index contributed by atoms with van der Waals surface area (Å²) in [5.74, 6) is -0.807. The standard InChI is InChI=1S/C32H52O4S3/c1-7-8-9-10-11-12-13-14-15-19-22-38-30(37)39-27(25-20-17-16-18-21-25)23-26(24-32(5,6)29(34)35)28(33)36-31(2,3)4/h16-18,20-21,26-27H,7-15,19,22-24H2,1-6H3,(H,34,35). The number of carboxylic acid groups (broad SMARTS) is 1. The van der Waals surface area contributed by atoms with Crippen LogP contribution >= 0.6 is 35.7 Å². The zero-order valence-electron chi connectivity index (χ0n) is 25.1. The number of hydrogen-bond acceptors (Lipinski definition) is 6. The highest BCUT2D eigenvalue weighted by Gasteiger charge is 2.37. The van der Waals surface area contributed by atoms with Crippen molar-refractivity contribution in [3.8, 4) is 0 Å². The van der Waals surface area contributed by atoms with Gasteiger partial charge in [0.15, 0.2) is 0 Å². The normalized spacial score (nSPS) is 13.6. The van der Waals surface area contributed by atoms with Gasteiger partial charge in [0, 0.05) is 5.25 Å². The van der Waals surface area contributed by atoms with Gasteiger partial charge in [-0.2, -0.15) is 0 Å². The van der Waals surface area contributed by atoms with Gasteiger partial charge in [-0.1, -0.05) is 119 Å². The van der Waals surface area contributed by atoms with Crippen molar-refractivity contribution in [2.24, 2.45) is 11.3 Å². The number of ether oxygens (including phenoxy) is 1. The van der Waals surface area contributed by atoms with Crippen LogP contribution in [-0.2, 0) is 14.3 Å². The van der Waals surface area contributed by atoms with Crippen LogP contribution in [0.1, 0.15) is 129 Å². The number of carbonyl (C=O) groups is 2. The molecular formula is C32H52O4S3. The molecule has 0 spiro atoms. The summed E-state index contributed by atoms with van der Waals surface area (Å²) in [6.07, 6.45) is 13.8. The molecule has 0 aromatic heterocycles. The Morgan fingerprint density at radius 2 is 1.44 bits per heavy atom. The molecule has 1 aromatic rings. The molecule has 1 rings (SSSR count). The minimum Gasteiger partial charge on any atom is -0.481 e. The molecule has 0 amide bonds. The van der Waals surface area contributed by atoms with Crippen LogP contribution in [0.4, 0.5) is 0 Å². The van der Waals surface area contributed by atoms with E-state index < -0.39 is 22.9 Å². The van der Waals surface area contributed by atoms with Gasteiger partial charge in [0.25, 0.3) is 0 Å². The van der Waals surface area contributed by atoms with Crippen molar-refractivity contribution in [1.29, 1.82) is 0 Å². The number of thioether (sulfide) groups is 2. The lowest BCUT2D eigenvalue weighted by atomic mass is 9.80. The first kappa shape index (κ1) is 36.0. The number of benzene rings is 1. The molecule has 0 aliphatic rings. The van der Waals surface area contributed by atoms with Crippen LogP contribution in [0.5, 0.6) is 0 Å². The summed E-state index contributed by atoms with van der Waals surface area (Å²) in [5.41, 5.74) is -0.595. The highest BCUT2D eigenvalue weighted by molar-refractivity contribution is 8.47. The summed E-state index contributed by atoms with van der Waals surface area (Å²) < 4.78 is 6.61. The van der Waals surface area contributed by atoms with Gasteiger partial charge >= 0.3 is 11.9 Å². The summed E-state index contributed by atoms with van der Waals surface area (Å²) in [6.45, 7) is 11.1. The molecule has 0 saturated heterocycles. The monoisotopic (exact) mass is 596 g/mol. The van der Waals surface area contributed by atoms with E-state index in [9.17, 15) is 14.7 Å². The lowest BCUT2D eigenvalue weighted by molar-refractivity contribution is -0.162. The van der Waals surface area contributed by atoms with Crippen LogP contribution in [0.2, 0.25) is 0 Å². The van der Waals surface area contributed by atoms with Gasteiger partial charge in [-0.15, -0.1) is 11.8 Å². The fourth-order valence-corrected chi connectivity index (χ4v) is 7.26. The molecule has 0 saturated carbocycles. The average Bonchev–Trinajstić information content (AvgIpc) is 2.85. The number of aliphatic carboxylic acids is 1. The van der Waals surface area contributed by atoms with Crippen molar-refractivity contribution in [3.05, 3.63) is 35.9 Å². The molecular weight excluding hydrogens is 545 g/mol. The molecule has 1 aromatic carbocycles. The second-order valence-electron chi connectivity index (χ2n) is 12.2. The minimum atomic E-state index is -1.04. The van der Waals surface area contributed by atoms with E-state index in [2.05, 4.69) is 19.1 Å². The Labute approximate surface area is 252 Å². The lowest BCUT2D eigenvalue weighted by Gasteiger charge is -2.30. The fraction of sp³-hybridized carbons (Fsp3) is 0.719. The zero-order valence-corrected chi connectivity index (χ0v) is 27.6. The van der Waals surface area contributed by atoms with Gasteiger partial charge in [0.1, 0.15) is 9.13 Å². The molecule has 222 valence electrons. The van der Waals surface area contributed by atoms with Gasteiger partial charge in [0.05, 0.1) is 11.3 Å². The number of rotatable bonds is 19. The zero-order chi connectivity index (χ0) is 29.3. The van der Waals surface area contributed by atoms with E-state index in [4.69, 9.17) is 17.0 Å². The van der Waals surface area contributed by atoms with Gasteiger partial charge in [0.2, 0.25) is 0 Å². The molecule has 39 heavy (non-hydrogen) atoms. The third-order valence-corrected chi connectivity index (χ3v) is 9.66. The molecule has 0 aliphatic heterocycles. The topological polar surface area (TPSA) is 63.6 Å².